The van der Waals surface area contributed by atoms with Crippen molar-refractivity contribution in [1.29, 1.82) is 0 Å². The Hall–Kier alpha value is -4.05. The van der Waals surface area contributed by atoms with Gasteiger partial charge in [0.05, 0.1) is 25.5 Å². The zero-order valence-electron chi connectivity index (χ0n) is 24.4. The summed E-state index contributed by atoms with van der Waals surface area (Å²) in [6, 6.07) is 7.92. The average molecular weight is 571 g/mol. The second-order valence-electron chi connectivity index (χ2n) is 9.58. The van der Waals surface area contributed by atoms with Crippen LogP contribution in [0, 0.1) is 0 Å². The van der Waals surface area contributed by atoms with Crippen LogP contribution in [0.2, 0.25) is 0 Å². The number of carboxylic acid groups (broad SMARTS) is 1. The van der Waals surface area contributed by atoms with Crippen LogP contribution >= 0.6 is 0 Å². The van der Waals surface area contributed by atoms with Crippen molar-refractivity contribution in [2.24, 2.45) is 0 Å². The van der Waals surface area contributed by atoms with E-state index in [0.29, 0.717) is 18.6 Å². The third-order valence-corrected chi connectivity index (χ3v) is 6.54. The molecule has 0 bridgehead atoms. The van der Waals surface area contributed by atoms with Gasteiger partial charge in [0.15, 0.2) is 11.5 Å². The summed E-state index contributed by atoms with van der Waals surface area (Å²) in [6.07, 6.45) is 10.1. The molecule has 0 aliphatic rings. The topological polar surface area (TPSA) is 135 Å². The van der Waals surface area contributed by atoms with Crippen molar-refractivity contribution >= 4 is 29.5 Å². The molecule has 0 aromatic heterocycles. The second-order valence-corrected chi connectivity index (χ2v) is 9.58. The average Bonchev–Trinajstić information content (AvgIpc) is 2.97. The number of aromatic hydroxyl groups is 1. The van der Waals surface area contributed by atoms with Crippen LogP contribution in [0.1, 0.15) is 66.9 Å². The van der Waals surface area contributed by atoms with Gasteiger partial charge < -0.3 is 34.6 Å². The molecule has 41 heavy (non-hydrogen) atoms. The summed E-state index contributed by atoms with van der Waals surface area (Å²) in [7, 11) is 4.37. The third kappa shape index (κ3) is 10.8. The number of nitrogens with one attached hydrogen (secondary N) is 1. The maximum Gasteiger partial charge on any atom is 0.337 e. The summed E-state index contributed by atoms with van der Waals surface area (Å²) < 4.78 is 15.8. The lowest BCUT2D eigenvalue weighted by Gasteiger charge is -2.20. The number of unbranched alkanes of at least 4 members (excludes halogenated alkanes) is 5. The number of aromatic carboxylic acids is 1. The van der Waals surface area contributed by atoms with E-state index < -0.39 is 5.97 Å². The molecule has 0 unspecified atom stereocenters. The number of nitrogens with zero attached hydrogens (tertiary/aromatic N) is 1. The van der Waals surface area contributed by atoms with Gasteiger partial charge in [0.1, 0.15) is 6.61 Å². The standard InChI is InChI=1S/C31H42N2O8/c1-5-6-7-8-9-10-17-41-21-29(35)33(2)25-18-22(11-13-24(25)31(37)38)15-16-32-28(34)14-12-23-19-26(39-3)30(36)27(20-23)40-4/h11-14,18-20,36H,5-10,15-17,21H2,1-4H3,(H,32,34)(H,37,38)/b14-12+. The number of rotatable bonds is 18. The van der Waals surface area contributed by atoms with E-state index in [1.165, 1.54) is 57.6 Å². The van der Waals surface area contributed by atoms with E-state index in [9.17, 15) is 24.6 Å². The fourth-order valence-corrected chi connectivity index (χ4v) is 4.14. The van der Waals surface area contributed by atoms with Crippen LogP contribution in [0.15, 0.2) is 36.4 Å². The minimum Gasteiger partial charge on any atom is -0.502 e. The van der Waals surface area contributed by atoms with E-state index in [-0.39, 0.29) is 53.5 Å². The number of phenolic OH excluding ortho intramolecular Hbond substituents is 1. The number of ether oxygens (including phenoxy) is 3. The lowest BCUT2D eigenvalue weighted by Crippen LogP contribution is -2.31. The number of carbonyl (C=O) groups is 3. The lowest BCUT2D eigenvalue weighted by atomic mass is 10.1. The van der Waals surface area contributed by atoms with E-state index >= 15 is 0 Å². The van der Waals surface area contributed by atoms with Crippen molar-refractivity contribution in [2.45, 2.75) is 51.9 Å². The molecule has 0 saturated carbocycles. The predicted octanol–water partition coefficient (Wildman–Crippen LogP) is 4.82. The number of anilines is 1. The highest BCUT2D eigenvalue weighted by Gasteiger charge is 2.19. The van der Waals surface area contributed by atoms with Crippen molar-refractivity contribution in [3.63, 3.8) is 0 Å². The molecule has 2 amide bonds. The van der Waals surface area contributed by atoms with Gasteiger partial charge in [-0.05, 0) is 54.3 Å². The first-order chi connectivity index (χ1) is 19.7. The Morgan fingerprint density at radius 1 is 0.976 bits per heavy atom. The Kier molecular flexibility index (Phi) is 14.2. The molecule has 0 heterocycles. The van der Waals surface area contributed by atoms with Crippen molar-refractivity contribution < 1.29 is 38.8 Å². The molecule has 0 saturated heterocycles. The van der Waals surface area contributed by atoms with Gasteiger partial charge in [0.25, 0.3) is 5.91 Å². The smallest absolute Gasteiger partial charge is 0.337 e. The second kappa shape index (κ2) is 17.6. The fourth-order valence-electron chi connectivity index (χ4n) is 4.14. The molecule has 10 heteroatoms. The van der Waals surface area contributed by atoms with Gasteiger partial charge in [-0.3, -0.25) is 9.59 Å². The van der Waals surface area contributed by atoms with Crippen molar-refractivity contribution in [1.82, 2.24) is 5.32 Å². The summed E-state index contributed by atoms with van der Waals surface area (Å²) in [4.78, 5) is 38.2. The van der Waals surface area contributed by atoms with E-state index in [0.717, 1.165) is 24.8 Å². The van der Waals surface area contributed by atoms with Gasteiger partial charge in [-0.15, -0.1) is 0 Å². The Morgan fingerprint density at radius 2 is 1.63 bits per heavy atom. The third-order valence-electron chi connectivity index (χ3n) is 6.54. The molecule has 0 fully saturated rings. The maximum atomic E-state index is 12.7. The molecule has 0 aliphatic carbocycles. The summed E-state index contributed by atoms with van der Waals surface area (Å²) in [5.41, 5.74) is 1.64. The number of benzene rings is 2. The van der Waals surface area contributed by atoms with Crippen LogP contribution < -0.4 is 19.7 Å². The highest BCUT2D eigenvalue weighted by Crippen LogP contribution is 2.37. The fraction of sp³-hybridized carbons (Fsp3) is 0.452. The van der Waals surface area contributed by atoms with Crippen molar-refractivity contribution in [3.8, 4) is 17.2 Å². The predicted molar refractivity (Wildman–Crippen MR) is 158 cm³/mol. The molecular formula is C31H42N2O8. The molecule has 0 atom stereocenters. The van der Waals surface area contributed by atoms with E-state index in [1.807, 2.05) is 0 Å². The summed E-state index contributed by atoms with van der Waals surface area (Å²) >= 11 is 0. The number of methoxy groups -OCH3 is 2. The molecule has 2 aromatic rings. The van der Waals surface area contributed by atoms with Crippen LogP contribution in [0.3, 0.4) is 0 Å². The van der Waals surface area contributed by atoms with Gasteiger partial charge >= 0.3 is 5.97 Å². The molecule has 0 spiro atoms. The zero-order chi connectivity index (χ0) is 30.2. The first-order valence-electron chi connectivity index (χ1n) is 13.8. The Morgan fingerprint density at radius 3 is 2.27 bits per heavy atom. The Labute approximate surface area is 241 Å². The molecule has 0 aliphatic heterocycles. The number of carboxylic acids is 1. The monoisotopic (exact) mass is 570 g/mol. The Bertz CT molecular complexity index is 1170. The lowest BCUT2D eigenvalue weighted by molar-refractivity contribution is -0.122. The number of amides is 2. The normalized spacial score (nSPS) is 10.9. The molecule has 224 valence electrons. The van der Waals surface area contributed by atoms with Crippen LogP contribution in [-0.4, -0.2) is 69.0 Å². The van der Waals surface area contributed by atoms with Crippen LogP contribution in [0.5, 0.6) is 17.2 Å². The zero-order valence-corrected chi connectivity index (χ0v) is 24.4. The van der Waals surface area contributed by atoms with Gasteiger partial charge in [0.2, 0.25) is 11.7 Å². The van der Waals surface area contributed by atoms with E-state index in [2.05, 4.69) is 12.2 Å². The molecular weight excluding hydrogens is 528 g/mol. The van der Waals surface area contributed by atoms with Gasteiger partial charge in [-0.25, -0.2) is 4.79 Å². The highest BCUT2D eigenvalue weighted by atomic mass is 16.5. The van der Waals surface area contributed by atoms with Crippen molar-refractivity contribution in [3.05, 3.63) is 53.1 Å². The molecule has 2 rings (SSSR count). The number of carbonyl (C=O) groups excluding carboxylic acids is 2. The summed E-state index contributed by atoms with van der Waals surface area (Å²) in [5, 5.41) is 22.4. The quantitative estimate of drug-likeness (QED) is 0.172. The minimum absolute atomic E-state index is 0.00671. The number of phenols is 1. The van der Waals surface area contributed by atoms with E-state index in [1.54, 1.807) is 30.3 Å². The van der Waals surface area contributed by atoms with Gasteiger partial charge in [0, 0.05) is 26.3 Å². The largest absolute Gasteiger partial charge is 0.502 e. The minimum atomic E-state index is -1.14. The maximum absolute atomic E-state index is 12.7. The summed E-state index contributed by atoms with van der Waals surface area (Å²) in [5.74, 6) is -1.50. The van der Waals surface area contributed by atoms with Crippen LogP contribution in [0.25, 0.3) is 6.08 Å². The first-order valence-corrected chi connectivity index (χ1v) is 13.8. The van der Waals surface area contributed by atoms with Gasteiger partial charge in [-0.1, -0.05) is 45.1 Å². The van der Waals surface area contributed by atoms with E-state index in [4.69, 9.17) is 14.2 Å². The summed E-state index contributed by atoms with van der Waals surface area (Å²) in [6.45, 7) is 2.82. The highest BCUT2D eigenvalue weighted by molar-refractivity contribution is 6.02. The molecule has 2 aromatic carbocycles. The molecule has 0 radical (unpaired) electrons. The number of likely N-dealkylation sites (N-methyl/N-ethyl adjacent to an activating group) is 1. The number of hydrogen-bond acceptors (Lipinski definition) is 7. The van der Waals surface area contributed by atoms with Gasteiger partial charge in [-0.2, -0.15) is 0 Å². The molecule has 10 nitrogen and oxygen atoms in total. The van der Waals surface area contributed by atoms with Crippen molar-refractivity contribution in [2.75, 3.05) is 45.9 Å². The SMILES string of the molecule is CCCCCCCCOCC(=O)N(C)c1cc(CCNC(=O)/C=C/c2cc(OC)c(O)c(OC)c2)ccc1C(=O)O. The Balaban J connectivity index is 1.93. The van der Waals surface area contributed by atoms with Crippen LogP contribution in [-0.2, 0) is 20.7 Å². The number of hydrogen-bond donors (Lipinski definition) is 3. The molecule has 3 N–H and O–H groups in total. The first kappa shape index (κ1) is 33.2. The van der Waals surface area contributed by atoms with Crippen LogP contribution in [0.4, 0.5) is 5.69 Å².